The predicted molar refractivity (Wildman–Crippen MR) is 94.2 cm³/mol. The van der Waals surface area contributed by atoms with Gasteiger partial charge in [-0.15, -0.1) is 0 Å². The fraction of sp³-hybridized carbons (Fsp3) is 0.667. The Morgan fingerprint density at radius 2 is 1.86 bits per heavy atom. The first-order valence-corrected chi connectivity index (χ1v) is 9.14. The molecule has 28 heavy (non-hydrogen) atoms. The normalized spacial score (nSPS) is 20.4. The van der Waals surface area contributed by atoms with E-state index < -0.39 is 25.1 Å². The van der Waals surface area contributed by atoms with Gasteiger partial charge >= 0.3 is 6.18 Å². The number of nitrogens with two attached hydrogens (primary N) is 2. The van der Waals surface area contributed by atoms with Crippen molar-refractivity contribution < 1.29 is 31.5 Å². The molecule has 4 N–H and O–H groups in total. The number of hydrogen-bond acceptors (Lipinski definition) is 5. The average Bonchev–Trinajstić information content (AvgIpc) is 2.61. The lowest BCUT2D eigenvalue weighted by Crippen LogP contribution is -2.27. The third kappa shape index (κ3) is 6.20. The first kappa shape index (κ1) is 22.2. The lowest BCUT2D eigenvalue weighted by molar-refractivity contribution is -0.184. The van der Waals surface area contributed by atoms with Gasteiger partial charge in [0.1, 0.15) is 0 Å². The second-order valence-corrected chi connectivity index (χ2v) is 7.09. The molecule has 0 aliphatic heterocycles. The summed E-state index contributed by atoms with van der Waals surface area (Å²) in [6.45, 7) is -0.931. The first-order chi connectivity index (χ1) is 13.1. The van der Waals surface area contributed by atoms with Crippen LogP contribution in [0.2, 0.25) is 0 Å². The summed E-state index contributed by atoms with van der Waals surface area (Å²) in [7, 11) is 0. The summed E-state index contributed by atoms with van der Waals surface area (Å²) in [6, 6.07) is 1.25. The van der Waals surface area contributed by atoms with Gasteiger partial charge in [0.05, 0.1) is 17.2 Å². The van der Waals surface area contributed by atoms with Crippen LogP contribution >= 0.6 is 0 Å². The van der Waals surface area contributed by atoms with E-state index in [-0.39, 0.29) is 53.9 Å². The van der Waals surface area contributed by atoms with Crippen molar-refractivity contribution in [2.75, 3.05) is 18.1 Å². The summed E-state index contributed by atoms with van der Waals surface area (Å²) >= 11 is 0. The quantitative estimate of drug-likeness (QED) is 0.483. The van der Waals surface area contributed by atoms with E-state index in [1.54, 1.807) is 0 Å². The number of carbonyl (C=O) groups is 1. The van der Waals surface area contributed by atoms with Gasteiger partial charge in [0.15, 0.2) is 18.2 Å². The van der Waals surface area contributed by atoms with Gasteiger partial charge < -0.3 is 16.2 Å². The number of carbonyl (C=O) groups excluding carboxylic acids is 1. The van der Waals surface area contributed by atoms with E-state index >= 15 is 0 Å². The van der Waals surface area contributed by atoms with Gasteiger partial charge in [-0.3, -0.25) is 4.79 Å². The molecule has 1 aromatic heterocycles. The Balaban J connectivity index is 1.88. The van der Waals surface area contributed by atoms with E-state index in [1.165, 1.54) is 6.07 Å². The number of nitrogens with zero attached hydrogens (tertiary/aromatic N) is 1. The molecule has 0 amide bonds. The molecule has 0 bridgehead atoms. The van der Waals surface area contributed by atoms with Crippen molar-refractivity contribution in [1.82, 2.24) is 4.98 Å². The Kier molecular flexibility index (Phi) is 7.42. The molecule has 2 rings (SSSR count). The number of anilines is 2. The number of pyridine rings is 1. The first-order valence-electron chi connectivity index (χ1n) is 9.14. The highest BCUT2D eigenvalue weighted by Crippen LogP contribution is 2.40. The van der Waals surface area contributed by atoms with Crippen LogP contribution in [-0.4, -0.2) is 30.0 Å². The highest BCUT2D eigenvalue weighted by Gasteiger charge is 2.41. The zero-order valence-corrected chi connectivity index (χ0v) is 15.3. The van der Waals surface area contributed by atoms with E-state index in [0.717, 1.165) is 0 Å². The second-order valence-electron chi connectivity index (χ2n) is 7.09. The topological polar surface area (TPSA) is 91.2 Å². The minimum atomic E-state index is -4.14. The lowest BCUT2D eigenvalue weighted by atomic mass is 9.79. The molecule has 1 aliphatic rings. The minimum absolute atomic E-state index is 0.0203. The van der Waals surface area contributed by atoms with E-state index in [2.05, 4.69) is 4.98 Å². The van der Waals surface area contributed by atoms with E-state index in [9.17, 15) is 26.7 Å². The average molecular weight is 409 g/mol. The van der Waals surface area contributed by atoms with Crippen molar-refractivity contribution in [2.45, 2.75) is 57.5 Å². The lowest BCUT2D eigenvalue weighted by Gasteiger charge is -2.29. The fourth-order valence-electron chi connectivity index (χ4n) is 3.44. The summed E-state index contributed by atoms with van der Waals surface area (Å²) in [6.07, 6.45) is -4.49. The maximum absolute atomic E-state index is 12.7. The van der Waals surface area contributed by atoms with Crippen LogP contribution in [0.25, 0.3) is 0 Å². The van der Waals surface area contributed by atoms with Gasteiger partial charge in [-0.1, -0.05) is 6.42 Å². The van der Waals surface area contributed by atoms with Crippen molar-refractivity contribution in [3.05, 3.63) is 11.6 Å². The van der Waals surface area contributed by atoms with Crippen LogP contribution in [0.3, 0.4) is 0 Å². The molecule has 0 aromatic carbocycles. The van der Waals surface area contributed by atoms with Crippen LogP contribution < -0.4 is 16.2 Å². The van der Waals surface area contributed by atoms with E-state index in [0.29, 0.717) is 25.7 Å². The Morgan fingerprint density at radius 3 is 2.43 bits per heavy atom. The molecular weight excluding hydrogens is 385 g/mol. The predicted octanol–water partition coefficient (Wildman–Crippen LogP) is 4.61. The molecule has 1 saturated carbocycles. The monoisotopic (exact) mass is 409 g/mol. The Morgan fingerprint density at radius 1 is 1.21 bits per heavy atom. The number of hydrogen-bond donors (Lipinski definition) is 2. The Bertz CT molecular complexity index is 674. The zero-order valence-electron chi connectivity index (χ0n) is 15.3. The smallest absolute Gasteiger partial charge is 0.391 e. The molecule has 1 aliphatic carbocycles. The van der Waals surface area contributed by atoms with Gasteiger partial charge in [0.25, 0.3) is 6.43 Å². The number of aromatic nitrogens is 1. The van der Waals surface area contributed by atoms with Crippen LogP contribution in [0.15, 0.2) is 6.07 Å². The number of alkyl halides is 5. The van der Waals surface area contributed by atoms with Crippen LogP contribution in [0.1, 0.15) is 55.3 Å². The van der Waals surface area contributed by atoms with Crippen LogP contribution in [-0.2, 0) is 0 Å². The van der Waals surface area contributed by atoms with E-state index in [1.807, 2.05) is 0 Å². The van der Waals surface area contributed by atoms with E-state index in [4.69, 9.17) is 16.2 Å². The molecule has 1 aromatic rings. The summed E-state index contributed by atoms with van der Waals surface area (Å²) in [5.41, 5.74) is 11.2. The zero-order chi connectivity index (χ0) is 20.9. The van der Waals surface area contributed by atoms with Gasteiger partial charge in [-0.2, -0.15) is 18.2 Å². The molecule has 0 atom stereocenters. The number of Topliss-reactive ketones (excluding diaryl/α,β-unsaturated/α-hetero) is 1. The highest BCUT2D eigenvalue weighted by molar-refractivity contribution is 5.99. The third-order valence-corrected chi connectivity index (χ3v) is 5.02. The molecular formula is C18H24F5N3O2. The SMILES string of the molecule is Nc1cc(C(=O)CCCC2CCC(C(F)(F)F)CC2)c(OCC(F)F)nc1N. The van der Waals surface area contributed by atoms with Gasteiger partial charge in [-0.05, 0) is 44.1 Å². The largest absolute Gasteiger partial charge is 0.471 e. The molecule has 10 heteroatoms. The van der Waals surface area contributed by atoms with Gasteiger partial charge in [0.2, 0.25) is 5.88 Å². The number of rotatable bonds is 8. The molecule has 0 unspecified atom stereocenters. The third-order valence-electron chi connectivity index (χ3n) is 5.02. The number of halogens is 5. The number of nitrogen functional groups attached to an aromatic ring is 2. The fourth-order valence-corrected chi connectivity index (χ4v) is 3.44. The molecule has 5 nitrogen and oxygen atoms in total. The molecule has 158 valence electrons. The minimum Gasteiger partial charge on any atom is -0.471 e. The van der Waals surface area contributed by atoms with Crippen molar-refractivity contribution in [3.63, 3.8) is 0 Å². The van der Waals surface area contributed by atoms with Crippen molar-refractivity contribution >= 4 is 17.3 Å². The molecule has 1 heterocycles. The number of ether oxygens (including phenoxy) is 1. The summed E-state index contributed by atoms with van der Waals surface area (Å²) < 4.78 is 67.7. The Labute approximate surface area is 159 Å². The molecule has 0 saturated heterocycles. The van der Waals surface area contributed by atoms with Gasteiger partial charge in [0, 0.05) is 6.42 Å². The van der Waals surface area contributed by atoms with Crippen LogP contribution in [0.4, 0.5) is 33.5 Å². The summed E-state index contributed by atoms with van der Waals surface area (Å²) in [4.78, 5) is 16.2. The van der Waals surface area contributed by atoms with Crippen molar-refractivity contribution in [3.8, 4) is 5.88 Å². The number of ketones is 1. The Hall–Kier alpha value is -2.13. The van der Waals surface area contributed by atoms with Crippen molar-refractivity contribution in [1.29, 1.82) is 0 Å². The molecule has 0 radical (unpaired) electrons. The summed E-state index contributed by atoms with van der Waals surface area (Å²) in [5.74, 6) is -1.88. The maximum atomic E-state index is 12.7. The molecule has 1 fully saturated rings. The standard InChI is InChI=1S/C18H24F5N3O2/c19-15(20)9-28-17-12(8-13(24)16(25)26-17)14(27)3-1-2-10-4-6-11(7-5-10)18(21,22)23/h8,10-11,15H,1-7,9,24H2,(H2,25,26). The van der Waals surface area contributed by atoms with Crippen LogP contribution in [0.5, 0.6) is 5.88 Å². The summed E-state index contributed by atoms with van der Waals surface area (Å²) in [5, 5.41) is 0. The van der Waals surface area contributed by atoms with Crippen LogP contribution in [0, 0.1) is 11.8 Å². The maximum Gasteiger partial charge on any atom is 0.391 e. The highest BCUT2D eigenvalue weighted by atomic mass is 19.4. The van der Waals surface area contributed by atoms with Crippen molar-refractivity contribution in [2.24, 2.45) is 11.8 Å². The molecule has 0 spiro atoms. The second kappa shape index (κ2) is 9.38. The van der Waals surface area contributed by atoms with Gasteiger partial charge in [-0.25, -0.2) is 8.78 Å².